The van der Waals surface area contributed by atoms with Gasteiger partial charge in [0.15, 0.2) is 0 Å². The Labute approximate surface area is 122 Å². The molecule has 0 spiro atoms. The van der Waals surface area contributed by atoms with E-state index >= 15 is 0 Å². The maximum absolute atomic E-state index is 7.66. The number of nitrogens with zero attached hydrogens (tertiary/aromatic N) is 2. The quantitative estimate of drug-likeness (QED) is 0.391. The van der Waals surface area contributed by atoms with Gasteiger partial charge in [-0.25, -0.2) is 5.01 Å². The molecule has 0 saturated carbocycles. The van der Waals surface area contributed by atoms with E-state index in [0.717, 1.165) is 22.2 Å². The Kier molecular flexibility index (Phi) is 3.39. The molecule has 0 saturated heterocycles. The van der Waals surface area contributed by atoms with Gasteiger partial charge in [-0.05, 0) is 18.2 Å². The summed E-state index contributed by atoms with van der Waals surface area (Å²) in [4.78, 5) is 3.19. The van der Waals surface area contributed by atoms with E-state index in [-0.39, 0.29) is 5.96 Å². The molecule has 1 heterocycles. The second-order valence-corrected chi connectivity index (χ2v) is 4.57. The van der Waals surface area contributed by atoms with Gasteiger partial charge >= 0.3 is 0 Å². The number of hydrogen-bond donors (Lipinski definition) is 3. The predicted molar refractivity (Wildman–Crippen MR) is 86.7 cm³/mol. The molecule has 104 valence electrons. The van der Waals surface area contributed by atoms with Crippen molar-refractivity contribution >= 4 is 28.8 Å². The topological polar surface area (TPSA) is 81.3 Å². The van der Waals surface area contributed by atoms with Crippen molar-refractivity contribution in [2.45, 2.75) is 0 Å². The van der Waals surface area contributed by atoms with E-state index in [2.05, 4.69) is 10.1 Å². The Morgan fingerprint density at radius 3 is 2.57 bits per heavy atom. The highest BCUT2D eigenvalue weighted by Crippen LogP contribution is 2.17. The maximum atomic E-state index is 7.66. The lowest BCUT2D eigenvalue weighted by Crippen LogP contribution is -2.32. The zero-order valence-corrected chi connectivity index (χ0v) is 11.3. The molecule has 1 aromatic heterocycles. The molecule has 21 heavy (non-hydrogen) atoms. The van der Waals surface area contributed by atoms with E-state index in [1.54, 1.807) is 6.21 Å². The summed E-state index contributed by atoms with van der Waals surface area (Å²) in [5.74, 6) is -0.128. The molecule has 0 aliphatic carbocycles. The predicted octanol–water partition coefficient (Wildman–Crippen LogP) is 2.90. The number of benzene rings is 2. The number of anilines is 1. The van der Waals surface area contributed by atoms with Gasteiger partial charge in [0.1, 0.15) is 0 Å². The number of rotatable bonds is 3. The van der Waals surface area contributed by atoms with Crippen molar-refractivity contribution in [3.05, 3.63) is 66.4 Å². The number of aromatic amines is 1. The van der Waals surface area contributed by atoms with Crippen molar-refractivity contribution < 1.29 is 0 Å². The van der Waals surface area contributed by atoms with Crippen LogP contribution in [0.1, 0.15) is 5.56 Å². The van der Waals surface area contributed by atoms with E-state index in [4.69, 9.17) is 11.1 Å². The molecular formula is C16H15N5. The molecule has 4 N–H and O–H groups in total. The summed E-state index contributed by atoms with van der Waals surface area (Å²) in [7, 11) is 0. The normalized spacial score (nSPS) is 11.0. The molecule has 0 atom stereocenters. The van der Waals surface area contributed by atoms with Gasteiger partial charge in [-0.2, -0.15) is 5.10 Å². The lowest BCUT2D eigenvalue weighted by molar-refractivity contribution is 1.10. The first-order valence-electron chi connectivity index (χ1n) is 6.55. The van der Waals surface area contributed by atoms with Crippen molar-refractivity contribution in [2.24, 2.45) is 10.8 Å². The monoisotopic (exact) mass is 277 g/mol. The van der Waals surface area contributed by atoms with Crippen LogP contribution in [-0.4, -0.2) is 17.2 Å². The maximum Gasteiger partial charge on any atom is 0.214 e. The zero-order valence-electron chi connectivity index (χ0n) is 11.3. The van der Waals surface area contributed by atoms with Crippen LogP contribution < -0.4 is 10.7 Å². The molecule has 3 rings (SSSR count). The SMILES string of the molecule is N=C(N)N(/N=C/c1c[nH]c2ccccc12)c1ccccc1. The standard InChI is InChI=1S/C16H15N5/c17-16(18)21(13-6-2-1-3-7-13)20-11-12-10-19-15-9-5-4-8-14(12)15/h1-11,19H,(H3,17,18)/b20-11+. The molecule has 5 heteroatoms. The molecule has 0 bridgehead atoms. The third-order valence-electron chi connectivity index (χ3n) is 3.16. The van der Waals surface area contributed by atoms with Gasteiger partial charge in [0.2, 0.25) is 5.96 Å². The second kappa shape index (κ2) is 5.50. The van der Waals surface area contributed by atoms with Crippen molar-refractivity contribution in [3.63, 3.8) is 0 Å². The van der Waals surface area contributed by atoms with Crippen molar-refractivity contribution in [3.8, 4) is 0 Å². The second-order valence-electron chi connectivity index (χ2n) is 4.57. The molecule has 0 unspecified atom stereocenters. The zero-order chi connectivity index (χ0) is 14.7. The number of para-hydroxylation sites is 2. The average molecular weight is 277 g/mol. The molecule has 5 nitrogen and oxygen atoms in total. The fourth-order valence-corrected chi connectivity index (χ4v) is 2.16. The lowest BCUT2D eigenvalue weighted by atomic mass is 10.2. The number of hydrogen-bond acceptors (Lipinski definition) is 2. The summed E-state index contributed by atoms with van der Waals surface area (Å²) in [6.07, 6.45) is 3.59. The molecule has 2 aromatic carbocycles. The Bertz CT molecular complexity index is 789. The summed E-state index contributed by atoms with van der Waals surface area (Å²) >= 11 is 0. The van der Waals surface area contributed by atoms with E-state index < -0.39 is 0 Å². The molecule has 0 amide bonds. The first kappa shape index (κ1) is 12.9. The molecule has 0 aliphatic rings. The Hall–Kier alpha value is -3.08. The van der Waals surface area contributed by atoms with Crippen LogP contribution in [0, 0.1) is 5.41 Å². The lowest BCUT2D eigenvalue weighted by Gasteiger charge is -2.16. The molecule has 0 fully saturated rings. The van der Waals surface area contributed by atoms with E-state index in [1.807, 2.05) is 60.8 Å². The smallest absolute Gasteiger partial charge is 0.214 e. The Morgan fingerprint density at radius 1 is 1.10 bits per heavy atom. The van der Waals surface area contributed by atoms with Crippen molar-refractivity contribution in [1.82, 2.24) is 4.98 Å². The van der Waals surface area contributed by atoms with Crippen molar-refractivity contribution in [2.75, 3.05) is 5.01 Å². The number of hydrazone groups is 1. The number of nitrogens with two attached hydrogens (primary N) is 1. The van der Waals surface area contributed by atoms with E-state index in [1.165, 1.54) is 5.01 Å². The Morgan fingerprint density at radius 2 is 1.81 bits per heavy atom. The van der Waals surface area contributed by atoms with Crippen LogP contribution in [0.3, 0.4) is 0 Å². The van der Waals surface area contributed by atoms with Gasteiger partial charge in [0.25, 0.3) is 0 Å². The van der Waals surface area contributed by atoms with Crippen LogP contribution in [0.25, 0.3) is 10.9 Å². The number of aromatic nitrogens is 1. The largest absolute Gasteiger partial charge is 0.368 e. The van der Waals surface area contributed by atoms with Gasteiger partial charge in [-0.3, -0.25) is 5.41 Å². The van der Waals surface area contributed by atoms with Crippen LogP contribution in [0.15, 0.2) is 65.9 Å². The van der Waals surface area contributed by atoms with Crippen LogP contribution in [0.2, 0.25) is 0 Å². The molecule has 3 aromatic rings. The van der Waals surface area contributed by atoms with Gasteiger partial charge < -0.3 is 10.7 Å². The summed E-state index contributed by atoms with van der Waals surface area (Å²) in [5.41, 5.74) is 8.36. The molecule has 0 aliphatic heterocycles. The highest BCUT2D eigenvalue weighted by molar-refractivity contribution is 6.01. The number of H-pyrrole nitrogens is 1. The van der Waals surface area contributed by atoms with Crippen LogP contribution in [-0.2, 0) is 0 Å². The highest BCUT2D eigenvalue weighted by Gasteiger charge is 2.07. The molecular weight excluding hydrogens is 262 g/mol. The van der Waals surface area contributed by atoms with Gasteiger partial charge in [0, 0.05) is 22.7 Å². The fraction of sp³-hybridized carbons (Fsp3) is 0. The summed E-state index contributed by atoms with van der Waals surface area (Å²) < 4.78 is 0. The highest BCUT2D eigenvalue weighted by atomic mass is 15.5. The Balaban J connectivity index is 1.94. The fourth-order valence-electron chi connectivity index (χ4n) is 2.16. The third kappa shape index (κ3) is 2.62. The average Bonchev–Trinajstić information content (AvgIpc) is 2.92. The number of fused-ring (bicyclic) bond motifs is 1. The van der Waals surface area contributed by atoms with E-state index in [0.29, 0.717) is 0 Å². The number of nitrogens with one attached hydrogen (secondary N) is 2. The molecule has 0 radical (unpaired) electrons. The number of guanidine groups is 1. The van der Waals surface area contributed by atoms with Crippen molar-refractivity contribution in [1.29, 1.82) is 5.41 Å². The summed E-state index contributed by atoms with van der Waals surface area (Å²) in [6, 6.07) is 17.4. The summed E-state index contributed by atoms with van der Waals surface area (Å²) in [5, 5.41) is 14.5. The van der Waals surface area contributed by atoms with E-state index in [9.17, 15) is 0 Å². The van der Waals surface area contributed by atoms with Crippen LogP contribution in [0.4, 0.5) is 5.69 Å². The van der Waals surface area contributed by atoms with Crippen LogP contribution in [0.5, 0.6) is 0 Å². The minimum atomic E-state index is -0.128. The first-order valence-corrected chi connectivity index (χ1v) is 6.55. The minimum Gasteiger partial charge on any atom is -0.368 e. The van der Waals surface area contributed by atoms with Crippen LogP contribution >= 0.6 is 0 Å². The first-order chi connectivity index (χ1) is 10.3. The van der Waals surface area contributed by atoms with Gasteiger partial charge in [-0.1, -0.05) is 36.4 Å². The third-order valence-corrected chi connectivity index (χ3v) is 3.16. The minimum absolute atomic E-state index is 0.128. The van der Waals surface area contributed by atoms with Gasteiger partial charge in [0.05, 0.1) is 11.9 Å². The van der Waals surface area contributed by atoms with Gasteiger partial charge in [-0.15, -0.1) is 0 Å². The summed E-state index contributed by atoms with van der Waals surface area (Å²) in [6.45, 7) is 0.